The molecular formula is C12H8ClNO4. The molecule has 1 heterocycles. The van der Waals surface area contributed by atoms with Gasteiger partial charge in [-0.05, 0) is 23.2 Å². The minimum atomic E-state index is -0.488. The lowest BCUT2D eigenvalue weighted by molar-refractivity contribution is -0.384. The number of nitro benzene ring substituents is 1. The smallest absolute Gasteiger partial charge is 0.269 e. The summed E-state index contributed by atoms with van der Waals surface area (Å²) >= 11 is 5.69. The predicted octanol–water partition coefficient (Wildman–Crippen LogP) is 3.27. The van der Waals surface area contributed by atoms with Crippen molar-refractivity contribution in [2.45, 2.75) is 6.42 Å². The summed E-state index contributed by atoms with van der Waals surface area (Å²) in [7, 11) is 0. The number of ketones is 1. The van der Waals surface area contributed by atoms with Crippen LogP contribution in [0.3, 0.4) is 0 Å². The molecule has 0 N–H and O–H groups in total. The zero-order valence-corrected chi connectivity index (χ0v) is 9.89. The largest absolute Gasteiger partial charge is 0.452 e. The first-order chi connectivity index (χ1) is 8.58. The summed E-state index contributed by atoms with van der Waals surface area (Å²) in [6.45, 7) is 0. The molecule has 0 bridgehead atoms. The molecule has 2 rings (SSSR count). The van der Waals surface area contributed by atoms with Crippen molar-refractivity contribution in [2.75, 3.05) is 0 Å². The van der Waals surface area contributed by atoms with Gasteiger partial charge in [-0.3, -0.25) is 14.9 Å². The van der Waals surface area contributed by atoms with Crippen LogP contribution in [0.25, 0.3) is 0 Å². The summed E-state index contributed by atoms with van der Waals surface area (Å²) in [6.07, 6.45) is 1.46. The van der Waals surface area contributed by atoms with E-state index in [4.69, 9.17) is 16.0 Å². The Hall–Kier alpha value is -2.14. The second kappa shape index (κ2) is 5.01. The van der Waals surface area contributed by atoms with Gasteiger partial charge >= 0.3 is 0 Å². The first-order valence-corrected chi connectivity index (χ1v) is 5.45. The van der Waals surface area contributed by atoms with Crippen molar-refractivity contribution in [3.63, 3.8) is 0 Å². The first-order valence-electron chi connectivity index (χ1n) is 5.07. The van der Waals surface area contributed by atoms with Crippen LogP contribution in [0.5, 0.6) is 0 Å². The van der Waals surface area contributed by atoms with Crippen LogP contribution in [0.4, 0.5) is 5.69 Å². The molecule has 0 spiro atoms. The molecule has 1 aromatic carbocycles. The van der Waals surface area contributed by atoms with Crippen LogP contribution >= 0.6 is 11.6 Å². The van der Waals surface area contributed by atoms with Crippen LogP contribution in [0.15, 0.2) is 41.0 Å². The zero-order chi connectivity index (χ0) is 13.1. The summed E-state index contributed by atoms with van der Waals surface area (Å²) in [5.41, 5.74) is 0.991. The highest BCUT2D eigenvalue weighted by atomic mass is 35.5. The number of nitro groups is 1. The maximum absolute atomic E-state index is 11.8. The van der Waals surface area contributed by atoms with Crippen LogP contribution in [0, 0.1) is 10.1 Å². The fourth-order valence-corrected chi connectivity index (χ4v) is 1.73. The molecule has 0 aliphatic carbocycles. The summed E-state index contributed by atoms with van der Waals surface area (Å²) in [6, 6.07) is 7.31. The Labute approximate surface area is 107 Å². The first kappa shape index (κ1) is 12.3. The number of carbonyl (C=O) groups excluding carboxylic acids is 1. The summed E-state index contributed by atoms with van der Waals surface area (Å²) in [5.74, 6) is -0.192. The van der Waals surface area contributed by atoms with Crippen LogP contribution < -0.4 is 0 Å². The van der Waals surface area contributed by atoms with E-state index in [1.807, 2.05) is 0 Å². The lowest BCUT2D eigenvalue weighted by Gasteiger charge is -1.99. The van der Waals surface area contributed by atoms with Gasteiger partial charge in [-0.25, -0.2) is 0 Å². The molecule has 18 heavy (non-hydrogen) atoms. The van der Waals surface area contributed by atoms with E-state index in [0.717, 1.165) is 0 Å². The molecule has 2 aromatic rings. The van der Waals surface area contributed by atoms with Gasteiger partial charge in [0.1, 0.15) is 0 Å². The topological polar surface area (TPSA) is 73.3 Å². The number of hydrogen-bond donors (Lipinski definition) is 0. The number of rotatable bonds is 4. The second-order valence-corrected chi connectivity index (χ2v) is 3.97. The molecule has 0 aliphatic rings. The Kier molecular flexibility index (Phi) is 3.43. The quantitative estimate of drug-likeness (QED) is 0.483. The van der Waals surface area contributed by atoms with Crippen molar-refractivity contribution in [3.8, 4) is 0 Å². The third-order valence-electron chi connectivity index (χ3n) is 2.43. The highest BCUT2D eigenvalue weighted by Gasteiger charge is 2.14. The van der Waals surface area contributed by atoms with E-state index < -0.39 is 4.92 Å². The predicted molar refractivity (Wildman–Crippen MR) is 64.8 cm³/mol. The Morgan fingerprint density at radius 2 is 1.94 bits per heavy atom. The number of hydrogen-bond acceptors (Lipinski definition) is 4. The van der Waals surface area contributed by atoms with E-state index in [9.17, 15) is 14.9 Å². The fourth-order valence-electron chi connectivity index (χ4n) is 1.51. The molecular weight excluding hydrogens is 258 g/mol. The van der Waals surface area contributed by atoms with Gasteiger partial charge in [-0.2, -0.15) is 0 Å². The number of carbonyl (C=O) groups is 1. The number of halogens is 1. The van der Waals surface area contributed by atoms with Crippen LogP contribution in [0.2, 0.25) is 5.22 Å². The number of nitrogens with zero attached hydrogens (tertiary/aromatic N) is 1. The maximum Gasteiger partial charge on any atom is 0.269 e. The Morgan fingerprint density at radius 3 is 2.44 bits per heavy atom. The summed E-state index contributed by atoms with van der Waals surface area (Å²) < 4.78 is 4.83. The third kappa shape index (κ3) is 2.57. The molecule has 92 valence electrons. The number of non-ortho nitro benzene ring substituents is 1. The van der Waals surface area contributed by atoms with Gasteiger partial charge in [0.15, 0.2) is 5.78 Å². The lowest BCUT2D eigenvalue weighted by Crippen LogP contribution is -2.02. The van der Waals surface area contributed by atoms with E-state index in [2.05, 4.69) is 0 Å². The maximum atomic E-state index is 11.8. The molecule has 0 atom stereocenters. The van der Waals surface area contributed by atoms with Gasteiger partial charge < -0.3 is 4.42 Å². The van der Waals surface area contributed by atoms with Gasteiger partial charge in [0.05, 0.1) is 16.7 Å². The van der Waals surface area contributed by atoms with Crippen LogP contribution in [-0.2, 0) is 6.42 Å². The average Bonchev–Trinajstić information content (AvgIpc) is 2.76. The molecule has 0 fully saturated rings. The van der Waals surface area contributed by atoms with Gasteiger partial charge in [0, 0.05) is 18.6 Å². The highest BCUT2D eigenvalue weighted by molar-refractivity contribution is 6.32. The van der Waals surface area contributed by atoms with E-state index in [1.165, 1.54) is 24.5 Å². The van der Waals surface area contributed by atoms with Crippen molar-refractivity contribution >= 4 is 23.1 Å². The average molecular weight is 266 g/mol. The van der Waals surface area contributed by atoms with E-state index in [-0.39, 0.29) is 23.1 Å². The van der Waals surface area contributed by atoms with Crippen molar-refractivity contribution < 1.29 is 14.1 Å². The number of furan rings is 1. The lowest BCUT2D eigenvalue weighted by atomic mass is 10.1. The van der Waals surface area contributed by atoms with Gasteiger partial charge in [-0.15, -0.1) is 0 Å². The molecule has 6 heteroatoms. The molecule has 0 aliphatic heterocycles. The molecule has 5 nitrogen and oxygen atoms in total. The number of benzene rings is 1. The van der Waals surface area contributed by atoms with Crippen molar-refractivity contribution in [2.24, 2.45) is 0 Å². The highest BCUT2D eigenvalue weighted by Crippen LogP contribution is 2.19. The minimum absolute atomic E-state index is 0.00691. The molecule has 0 saturated carbocycles. The standard InChI is InChI=1S/C12H8ClNO4/c13-12-10(5-6-18-12)11(15)7-8-1-3-9(4-2-8)14(16)17/h1-6H,7H2. The summed E-state index contributed by atoms with van der Waals surface area (Å²) in [4.78, 5) is 21.8. The molecule has 0 unspecified atom stereocenters. The van der Waals surface area contributed by atoms with Crippen molar-refractivity contribution in [1.29, 1.82) is 0 Å². The van der Waals surface area contributed by atoms with E-state index >= 15 is 0 Å². The van der Waals surface area contributed by atoms with Gasteiger partial charge in [0.25, 0.3) is 5.69 Å². The van der Waals surface area contributed by atoms with Crippen molar-refractivity contribution in [1.82, 2.24) is 0 Å². The van der Waals surface area contributed by atoms with Gasteiger partial charge in [0.2, 0.25) is 5.22 Å². The second-order valence-electron chi connectivity index (χ2n) is 3.63. The summed E-state index contributed by atoms with van der Waals surface area (Å²) in [5, 5.41) is 10.5. The SMILES string of the molecule is O=C(Cc1ccc([N+](=O)[O-])cc1)c1ccoc1Cl. The van der Waals surface area contributed by atoms with Gasteiger partial charge in [-0.1, -0.05) is 12.1 Å². The van der Waals surface area contributed by atoms with Crippen LogP contribution in [-0.4, -0.2) is 10.7 Å². The number of Topliss-reactive ketones (excluding diaryl/α,β-unsaturated/α-hetero) is 1. The molecule has 0 saturated heterocycles. The Balaban J connectivity index is 2.13. The third-order valence-corrected chi connectivity index (χ3v) is 2.72. The normalized spacial score (nSPS) is 10.3. The Morgan fingerprint density at radius 1 is 1.28 bits per heavy atom. The molecule has 0 amide bonds. The zero-order valence-electron chi connectivity index (χ0n) is 9.13. The minimum Gasteiger partial charge on any atom is -0.452 e. The van der Waals surface area contributed by atoms with E-state index in [1.54, 1.807) is 12.1 Å². The van der Waals surface area contributed by atoms with Crippen molar-refractivity contribution in [3.05, 3.63) is 63.1 Å². The van der Waals surface area contributed by atoms with Crippen LogP contribution in [0.1, 0.15) is 15.9 Å². The van der Waals surface area contributed by atoms with E-state index in [0.29, 0.717) is 11.1 Å². The molecule has 0 radical (unpaired) electrons. The monoisotopic (exact) mass is 265 g/mol. The molecule has 1 aromatic heterocycles. The Bertz CT molecular complexity index is 588. The fraction of sp³-hybridized carbons (Fsp3) is 0.0833.